The molecule has 2 aromatic rings. The van der Waals surface area contributed by atoms with Gasteiger partial charge in [-0.3, -0.25) is 9.15 Å². The SMILES string of the molecule is Cc1ooc1C(=O)OC(C)(C)c1ccccc1. The van der Waals surface area contributed by atoms with Gasteiger partial charge in [0.2, 0.25) is 5.76 Å². The molecule has 0 spiro atoms. The van der Waals surface area contributed by atoms with E-state index in [2.05, 4.69) is 9.15 Å². The maximum atomic E-state index is 11.7. The normalized spacial score (nSPS) is 11.5. The Kier molecular flexibility index (Phi) is 2.79. The summed E-state index contributed by atoms with van der Waals surface area (Å²) in [6.07, 6.45) is 0. The first kappa shape index (κ1) is 11.5. The second kappa shape index (κ2) is 4.13. The standard InChI is InChI=1S/C13H14O4/c1-9-11(17-16-9)12(14)15-13(2,3)10-7-5-4-6-8-10/h4-8H,1-3H3. The number of aryl methyl sites for hydroxylation is 1. The van der Waals surface area contributed by atoms with Gasteiger partial charge < -0.3 is 4.74 Å². The maximum Gasteiger partial charge on any atom is 0.383 e. The molecular weight excluding hydrogens is 220 g/mol. The van der Waals surface area contributed by atoms with Gasteiger partial charge in [0, 0.05) is 6.92 Å². The Hall–Kier alpha value is -1.97. The first-order chi connectivity index (χ1) is 8.00. The largest absolute Gasteiger partial charge is 0.449 e. The molecular formula is C13H14O4. The molecule has 17 heavy (non-hydrogen) atoms. The van der Waals surface area contributed by atoms with Gasteiger partial charge in [0.15, 0.2) is 0 Å². The van der Waals surface area contributed by atoms with Crippen LogP contribution in [0.15, 0.2) is 39.5 Å². The second-order valence-electron chi connectivity index (χ2n) is 4.32. The number of ether oxygens (including phenoxy) is 1. The van der Waals surface area contributed by atoms with Crippen molar-refractivity contribution in [3.8, 4) is 0 Å². The maximum absolute atomic E-state index is 11.7. The van der Waals surface area contributed by atoms with E-state index in [1.807, 2.05) is 44.2 Å². The van der Waals surface area contributed by atoms with E-state index in [1.54, 1.807) is 6.92 Å². The third-order valence-corrected chi connectivity index (χ3v) is 2.57. The van der Waals surface area contributed by atoms with Crippen molar-refractivity contribution in [2.45, 2.75) is 26.4 Å². The molecule has 0 atom stereocenters. The van der Waals surface area contributed by atoms with Gasteiger partial charge >= 0.3 is 11.7 Å². The van der Waals surface area contributed by atoms with Crippen LogP contribution in [-0.4, -0.2) is 5.97 Å². The minimum Gasteiger partial charge on any atom is -0.449 e. The van der Waals surface area contributed by atoms with Crippen LogP contribution < -0.4 is 0 Å². The zero-order valence-corrected chi connectivity index (χ0v) is 10.0. The van der Waals surface area contributed by atoms with E-state index in [0.29, 0.717) is 5.76 Å². The first-order valence-corrected chi connectivity index (χ1v) is 5.35. The number of carbonyl (C=O) groups excluding carboxylic acids is 1. The van der Waals surface area contributed by atoms with E-state index in [9.17, 15) is 4.79 Å². The zero-order valence-electron chi connectivity index (χ0n) is 10.0. The monoisotopic (exact) mass is 234 g/mol. The molecule has 0 aliphatic rings. The molecule has 0 aliphatic heterocycles. The topological polar surface area (TPSA) is 52.6 Å². The lowest BCUT2D eigenvalue weighted by atomic mass is 9.98. The zero-order chi connectivity index (χ0) is 12.5. The smallest absolute Gasteiger partial charge is 0.383 e. The van der Waals surface area contributed by atoms with Crippen molar-refractivity contribution in [1.82, 2.24) is 0 Å². The van der Waals surface area contributed by atoms with Crippen LogP contribution in [0.4, 0.5) is 0 Å². The molecule has 0 fully saturated rings. The molecule has 0 saturated carbocycles. The van der Waals surface area contributed by atoms with Crippen molar-refractivity contribution >= 4 is 5.97 Å². The lowest BCUT2D eigenvalue weighted by molar-refractivity contribution is -0.0520. The Labute approximate surface area is 99.1 Å². The summed E-state index contributed by atoms with van der Waals surface area (Å²) in [4.78, 5) is 11.7. The molecule has 0 N–H and O–H groups in total. The third kappa shape index (κ3) is 2.25. The first-order valence-electron chi connectivity index (χ1n) is 5.35. The van der Waals surface area contributed by atoms with Crippen LogP contribution in [-0.2, 0) is 10.3 Å². The Morgan fingerprint density at radius 1 is 1.18 bits per heavy atom. The van der Waals surface area contributed by atoms with E-state index in [1.165, 1.54) is 0 Å². The summed E-state index contributed by atoms with van der Waals surface area (Å²) in [5.74, 6) is 0.0653. The highest BCUT2D eigenvalue weighted by Gasteiger charge is 2.30. The molecule has 4 nitrogen and oxygen atoms in total. The Bertz CT molecular complexity index is 505. The summed E-state index contributed by atoms with van der Waals surface area (Å²) in [5.41, 5.74) is 0.219. The molecule has 1 aromatic carbocycles. The quantitative estimate of drug-likeness (QED) is 0.604. The summed E-state index contributed by atoms with van der Waals surface area (Å²) in [6, 6.07) is 9.53. The Balaban J connectivity index is 2.14. The van der Waals surface area contributed by atoms with Crippen molar-refractivity contribution in [3.05, 3.63) is 47.4 Å². The molecule has 1 heterocycles. The van der Waals surface area contributed by atoms with Crippen LogP contribution in [0.1, 0.15) is 35.7 Å². The number of benzene rings is 1. The second-order valence-corrected chi connectivity index (χ2v) is 4.32. The third-order valence-electron chi connectivity index (χ3n) is 2.57. The Morgan fingerprint density at radius 2 is 1.82 bits per heavy atom. The molecule has 1 aromatic heterocycles. The minimum atomic E-state index is -0.704. The van der Waals surface area contributed by atoms with Gasteiger partial charge in [-0.2, -0.15) is 0 Å². The molecule has 4 heteroatoms. The molecule has 0 unspecified atom stereocenters. The summed E-state index contributed by atoms with van der Waals surface area (Å²) >= 11 is 0. The lowest BCUT2D eigenvalue weighted by Crippen LogP contribution is -2.26. The predicted octanol–water partition coefficient (Wildman–Crippen LogP) is 3.27. The number of carbonyl (C=O) groups is 1. The van der Waals surface area contributed by atoms with E-state index < -0.39 is 11.6 Å². The van der Waals surface area contributed by atoms with Crippen LogP contribution in [0.2, 0.25) is 0 Å². The van der Waals surface area contributed by atoms with Crippen LogP contribution in [0.5, 0.6) is 0 Å². The highest BCUT2D eigenvalue weighted by atomic mass is 17.0. The highest BCUT2D eigenvalue weighted by molar-refractivity contribution is 5.87. The van der Waals surface area contributed by atoms with Gasteiger partial charge in [-0.1, -0.05) is 30.3 Å². The van der Waals surface area contributed by atoms with Crippen LogP contribution in [0.3, 0.4) is 0 Å². The van der Waals surface area contributed by atoms with Crippen molar-refractivity contribution in [2.24, 2.45) is 0 Å². The molecule has 0 radical (unpaired) electrons. The molecule has 0 amide bonds. The molecule has 0 bridgehead atoms. The average Bonchev–Trinajstić information content (AvgIpc) is 2.27. The van der Waals surface area contributed by atoms with Gasteiger partial charge in [-0.15, -0.1) is 0 Å². The number of esters is 1. The predicted molar refractivity (Wildman–Crippen MR) is 60.6 cm³/mol. The summed E-state index contributed by atoms with van der Waals surface area (Å²) < 4.78 is 14.6. The number of hydrogen-bond acceptors (Lipinski definition) is 4. The van der Waals surface area contributed by atoms with Crippen LogP contribution >= 0.6 is 0 Å². The van der Waals surface area contributed by atoms with E-state index in [-0.39, 0.29) is 5.76 Å². The number of rotatable bonds is 3. The summed E-state index contributed by atoms with van der Waals surface area (Å²) in [7, 11) is 0. The fraction of sp³-hybridized carbons (Fsp3) is 0.308. The fourth-order valence-corrected chi connectivity index (χ4v) is 1.52. The van der Waals surface area contributed by atoms with E-state index in [0.717, 1.165) is 5.56 Å². The van der Waals surface area contributed by atoms with Gasteiger partial charge in [0.1, 0.15) is 5.60 Å². The van der Waals surface area contributed by atoms with Gasteiger partial charge in [-0.05, 0) is 19.4 Å². The van der Waals surface area contributed by atoms with Gasteiger partial charge in [0.25, 0.3) is 0 Å². The van der Waals surface area contributed by atoms with Crippen LogP contribution in [0.25, 0.3) is 0 Å². The average molecular weight is 234 g/mol. The van der Waals surface area contributed by atoms with Gasteiger partial charge in [-0.25, -0.2) is 4.79 Å². The molecule has 0 aliphatic carbocycles. The summed E-state index contributed by atoms with van der Waals surface area (Å²) in [5, 5.41) is 0. The molecule has 90 valence electrons. The van der Waals surface area contributed by atoms with E-state index in [4.69, 9.17) is 4.74 Å². The number of hydrogen-bond donors (Lipinski definition) is 0. The Morgan fingerprint density at radius 3 is 2.29 bits per heavy atom. The van der Waals surface area contributed by atoms with Crippen LogP contribution in [0, 0.1) is 6.92 Å². The van der Waals surface area contributed by atoms with Crippen molar-refractivity contribution < 1.29 is 18.7 Å². The molecule has 0 saturated heterocycles. The fourth-order valence-electron chi connectivity index (χ4n) is 1.52. The highest BCUT2D eigenvalue weighted by Crippen LogP contribution is 2.26. The summed E-state index contributed by atoms with van der Waals surface area (Å²) in [6.45, 7) is 5.31. The van der Waals surface area contributed by atoms with Crippen molar-refractivity contribution in [2.75, 3.05) is 0 Å². The van der Waals surface area contributed by atoms with Gasteiger partial charge in [0.05, 0.1) is 0 Å². The lowest BCUT2D eigenvalue weighted by Gasteiger charge is -2.25. The minimum absolute atomic E-state index is 0.133. The van der Waals surface area contributed by atoms with Crippen molar-refractivity contribution in [3.63, 3.8) is 0 Å². The van der Waals surface area contributed by atoms with E-state index >= 15 is 0 Å². The van der Waals surface area contributed by atoms with Crippen molar-refractivity contribution in [1.29, 1.82) is 0 Å². The molecule has 2 rings (SSSR count).